The summed E-state index contributed by atoms with van der Waals surface area (Å²) in [6, 6.07) is 3.52. The lowest BCUT2D eigenvalue weighted by Gasteiger charge is -2.23. The predicted molar refractivity (Wildman–Crippen MR) is 63.6 cm³/mol. The fourth-order valence-corrected chi connectivity index (χ4v) is 1.84. The van der Waals surface area contributed by atoms with Crippen LogP contribution in [0.2, 0.25) is 5.15 Å². The first-order chi connectivity index (χ1) is 7.68. The Labute approximate surface area is 99.7 Å². The lowest BCUT2D eigenvalue weighted by molar-refractivity contribution is 0.0764. The zero-order chi connectivity index (χ0) is 11.5. The number of carbonyl (C=O) groups excluding carboxylic acids is 1. The SMILES string of the molecule is Cc1ccc(Cl)nc1C(=O)N1CC=CCC1. The lowest BCUT2D eigenvalue weighted by atomic mass is 10.1. The molecule has 1 aliphatic rings. The summed E-state index contributed by atoms with van der Waals surface area (Å²) < 4.78 is 0. The molecule has 0 radical (unpaired) electrons. The highest BCUT2D eigenvalue weighted by Gasteiger charge is 2.19. The van der Waals surface area contributed by atoms with E-state index in [-0.39, 0.29) is 5.91 Å². The molecule has 4 heteroatoms. The number of rotatable bonds is 1. The molecule has 1 aliphatic heterocycles. The molecular weight excluding hydrogens is 224 g/mol. The summed E-state index contributed by atoms with van der Waals surface area (Å²) in [6.45, 7) is 3.28. The number of aryl methyl sites for hydroxylation is 1. The molecule has 1 aromatic heterocycles. The van der Waals surface area contributed by atoms with E-state index in [4.69, 9.17) is 11.6 Å². The van der Waals surface area contributed by atoms with Gasteiger partial charge >= 0.3 is 0 Å². The van der Waals surface area contributed by atoms with Crippen LogP contribution in [0.15, 0.2) is 24.3 Å². The molecule has 0 unspecified atom stereocenters. The van der Waals surface area contributed by atoms with Crippen molar-refractivity contribution < 1.29 is 4.79 Å². The first kappa shape index (κ1) is 11.1. The van der Waals surface area contributed by atoms with Gasteiger partial charge in [0.05, 0.1) is 0 Å². The number of hydrogen-bond acceptors (Lipinski definition) is 2. The summed E-state index contributed by atoms with van der Waals surface area (Å²) in [4.78, 5) is 18.0. The Kier molecular flexibility index (Phi) is 3.25. The highest BCUT2D eigenvalue weighted by atomic mass is 35.5. The van der Waals surface area contributed by atoms with Gasteiger partial charge in [0.1, 0.15) is 10.8 Å². The number of carbonyl (C=O) groups is 1. The van der Waals surface area contributed by atoms with E-state index >= 15 is 0 Å². The fourth-order valence-electron chi connectivity index (χ4n) is 1.70. The van der Waals surface area contributed by atoms with Crippen LogP contribution in [-0.4, -0.2) is 28.9 Å². The van der Waals surface area contributed by atoms with Gasteiger partial charge in [-0.05, 0) is 25.0 Å². The van der Waals surface area contributed by atoms with Crippen LogP contribution in [0.25, 0.3) is 0 Å². The second-order valence-corrected chi connectivity index (χ2v) is 4.20. The van der Waals surface area contributed by atoms with Gasteiger partial charge in [0.25, 0.3) is 5.91 Å². The second-order valence-electron chi connectivity index (χ2n) is 3.81. The average molecular weight is 237 g/mol. The third-order valence-corrected chi connectivity index (χ3v) is 2.82. The molecule has 1 aromatic rings. The molecule has 2 heterocycles. The van der Waals surface area contributed by atoms with Gasteiger partial charge in [-0.25, -0.2) is 4.98 Å². The van der Waals surface area contributed by atoms with E-state index in [0.717, 1.165) is 18.5 Å². The topological polar surface area (TPSA) is 33.2 Å². The van der Waals surface area contributed by atoms with Crippen molar-refractivity contribution in [1.82, 2.24) is 9.88 Å². The molecule has 0 N–H and O–H groups in total. The molecule has 84 valence electrons. The van der Waals surface area contributed by atoms with E-state index in [2.05, 4.69) is 11.1 Å². The first-order valence-corrected chi connectivity index (χ1v) is 5.63. The Bertz CT molecular complexity index is 443. The summed E-state index contributed by atoms with van der Waals surface area (Å²) >= 11 is 5.80. The van der Waals surface area contributed by atoms with Gasteiger partial charge in [-0.2, -0.15) is 0 Å². The first-order valence-electron chi connectivity index (χ1n) is 5.26. The van der Waals surface area contributed by atoms with Crippen molar-refractivity contribution >= 4 is 17.5 Å². The van der Waals surface area contributed by atoms with Crippen LogP contribution < -0.4 is 0 Å². The Morgan fingerprint density at radius 3 is 2.94 bits per heavy atom. The van der Waals surface area contributed by atoms with Gasteiger partial charge in [0, 0.05) is 13.1 Å². The molecular formula is C12H13ClN2O. The third-order valence-electron chi connectivity index (χ3n) is 2.61. The summed E-state index contributed by atoms with van der Waals surface area (Å²) in [5.41, 5.74) is 1.33. The van der Waals surface area contributed by atoms with E-state index in [1.165, 1.54) is 0 Å². The normalized spacial score (nSPS) is 15.2. The quantitative estimate of drug-likeness (QED) is 0.554. The highest BCUT2D eigenvalue weighted by molar-refractivity contribution is 6.29. The van der Waals surface area contributed by atoms with Gasteiger partial charge in [-0.15, -0.1) is 0 Å². The van der Waals surface area contributed by atoms with Crippen molar-refractivity contribution in [3.63, 3.8) is 0 Å². The van der Waals surface area contributed by atoms with Crippen LogP contribution in [0.4, 0.5) is 0 Å². The molecule has 16 heavy (non-hydrogen) atoms. The average Bonchev–Trinajstić information content (AvgIpc) is 2.32. The molecule has 1 amide bonds. The Hall–Kier alpha value is -1.35. The lowest BCUT2D eigenvalue weighted by Crippen LogP contribution is -2.34. The van der Waals surface area contributed by atoms with Crippen molar-refractivity contribution in [3.8, 4) is 0 Å². The van der Waals surface area contributed by atoms with E-state index in [1.807, 2.05) is 19.1 Å². The predicted octanol–water partition coefficient (Wildman–Crippen LogP) is 2.45. The summed E-state index contributed by atoms with van der Waals surface area (Å²) in [5, 5.41) is 0.363. The third kappa shape index (κ3) is 2.25. The molecule has 0 fully saturated rings. The Balaban J connectivity index is 2.26. The minimum atomic E-state index is -0.0376. The Morgan fingerprint density at radius 2 is 2.25 bits per heavy atom. The van der Waals surface area contributed by atoms with Crippen molar-refractivity contribution in [1.29, 1.82) is 0 Å². The molecule has 0 aliphatic carbocycles. The molecule has 0 saturated heterocycles. The standard InChI is InChI=1S/C12H13ClN2O/c1-9-5-6-10(13)14-11(9)12(16)15-7-3-2-4-8-15/h2-3,5-6H,4,7-8H2,1H3. The van der Waals surface area contributed by atoms with Crippen molar-refractivity contribution in [2.45, 2.75) is 13.3 Å². The molecule has 3 nitrogen and oxygen atoms in total. The van der Waals surface area contributed by atoms with E-state index in [9.17, 15) is 4.79 Å². The minimum Gasteiger partial charge on any atom is -0.333 e. The second kappa shape index (κ2) is 4.66. The van der Waals surface area contributed by atoms with Gasteiger partial charge in [-0.1, -0.05) is 29.8 Å². The van der Waals surface area contributed by atoms with Crippen LogP contribution in [0.3, 0.4) is 0 Å². The maximum atomic E-state index is 12.1. The van der Waals surface area contributed by atoms with Crippen LogP contribution >= 0.6 is 11.6 Å². The van der Waals surface area contributed by atoms with Crippen molar-refractivity contribution in [2.24, 2.45) is 0 Å². The van der Waals surface area contributed by atoms with Crippen molar-refractivity contribution in [2.75, 3.05) is 13.1 Å². The van der Waals surface area contributed by atoms with Gasteiger partial charge in [0.2, 0.25) is 0 Å². The van der Waals surface area contributed by atoms with E-state index in [0.29, 0.717) is 17.4 Å². The number of aromatic nitrogens is 1. The molecule has 0 aromatic carbocycles. The zero-order valence-electron chi connectivity index (χ0n) is 9.11. The minimum absolute atomic E-state index is 0.0376. The summed E-state index contributed by atoms with van der Waals surface area (Å²) in [7, 11) is 0. The number of pyridine rings is 1. The van der Waals surface area contributed by atoms with Gasteiger partial charge in [0.15, 0.2) is 0 Å². The van der Waals surface area contributed by atoms with Crippen LogP contribution in [-0.2, 0) is 0 Å². The number of amides is 1. The maximum Gasteiger partial charge on any atom is 0.273 e. The fraction of sp³-hybridized carbons (Fsp3) is 0.333. The summed E-state index contributed by atoms with van der Waals surface area (Å²) in [6.07, 6.45) is 4.99. The highest BCUT2D eigenvalue weighted by Crippen LogP contribution is 2.14. The zero-order valence-corrected chi connectivity index (χ0v) is 9.87. The smallest absolute Gasteiger partial charge is 0.273 e. The van der Waals surface area contributed by atoms with Crippen LogP contribution in [0, 0.1) is 6.92 Å². The van der Waals surface area contributed by atoms with E-state index in [1.54, 1.807) is 11.0 Å². The number of nitrogens with zero attached hydrogens (tertiary/aromatic N) is 2. The van der Waals surface area contributed by atoms with Crippen LogP contribution in [0.1, 0.15) is 22.5 Å². The summed E-state index contributed by atoms with van der Waals surface area (Å²) in [5.74, 6) is -0.0376. The monoisotopic (exact) mass is 236 g/mol. The molecule has 0 spiro atoms. The molecule has 2 rings (SSSR count). The largest absolute Gasteiger partial charge is 0.333 e. The Morgan fingerprint density at radius 1 is 1.44 bits per heavy atom. The molecule has 0 saturated carbocycles. The number of halogens is 1. The van der Waals surface area contributed by atoms with Gasteiger partial charge < -0.3 is 4.90 Å². The van der Waals surface area contributed by atoms with E-state index < -0.39 is 0 Å². The van der Waals surface area contributed by atoms with Crippen molar-refractivity contribution in [3.05, 3.63) is 40.7 Å². The van der Waals surface area contributed by atoms with Gasteiger partial charge in [-0.3, -0.25) is 4.79 Å². The number of hydrogen-bond donors (Lipinski definition) is 0. The molecule has 0 atom stereocenters. The molecule has 0 bridgehead atoms. The van der Waals surface area contributed by atoms with Crippen LogP contribution in [0.5, 0.6) is 0 Å². The maximum absolute atomic E-state index is 12.1.